The maximum absolute atomic E-state index is 12.9. The van der Waals surface area contributed by atoms with Gasteiger partial charge in [-0.15, -0.1) is 0 Å². The van der Waals surface area contributed by atoms with Crippen molar-refractivity contribution in [2.75, 3.05) is 18.2 Å². The molecule has 28 heavy (non-hydrogen) atoms. The summed E-state index contributed by atoms with van der Waals surface area (Å²) in [7, 11) is 1.22. The van der Waals surface area contributed by atoms with E-state index >= 15 is 0 Å². The number of carbonyl (C=O) groups is 1. The predicted molar refractivity (Wildman–Crippen MR) is 105 cm³/mol. The molecule has 0 saturated carbocycles. The summed E-state index contributed by atoms with van der Waals surface area (Å²) in [5.41, 5.74) is 0.256. The number of para-hydroxylation sites is 1. The molecule has 0 spiro atoms. The molecule has 0 bridgehead atoms. The Kier molecular flexibility index (Phi) is 5.50. The summed E-state index contributed by atoms with van der Waals surface area (Å²) < 4.78 is 4.89. The number of thioether (sulfide) groups is 1. The van der Waals surface area contributed by atoms with Gasteiger partial charge in [0.25, 0.3) is 11.2 Å². The molecule has 0 saturated heterocycles. The molecule has 0 fully saturated rings. The van der Waals surface area contributed by atoms with Crippen molar-refractivity contribution in [3.05, 3.63) is 67.1 Å². The molecule has 1 unspecified atom stereocenters. The Morgan fingerprint density at radius 1 is 1.39 bits per heavy atom. The number of benzene rings is 1. The number of nitro benzene ring substituents is 1. The summed E-state index contributed by atoms with van der Waals surface area (Å²) >= 11 is 1.36. The first-order valence-electron chi connectivity index (χ1n) is 8.45. The molecule has 1 aromatic heterocycles. The first kappa shape index (κ1) is 19.6. The number of nitro groups is 1. The topological polar surface area (TPSA) is 127 Å². The highest BCUT2D eigenvalue weighted by Gasteiger charge is 2.39. The molecule has 1 aliphatic heterocycles. The number of hydrogen-bond donors (Lipinski definition) is 2. The van der Waals surface area contributed by atoms with Gasteiger partial charge in [0.2, 0.25) is 0 Å². The average Bonchev–Trinajstić information content (AvgIpc) is 2.66. The molecule has 2 heterocycles. The van der Waals surface area contributed by atoms with E-state index in [1.165, 1.54) is 37.1 Å². The Hall–Kier alpha value is -3.14. The Bertz CT molecular complexity index is 1050. The monoisotopic (exact) mass is 402 g/mol. The smallest absolute Gasteiger partial charge is 0.336 e. The molecule has 10 heteroatoms. The van der Waals surface area contributed by atoms with E-state index in [-0.39, 0.29) is 28.2 Å². The highest BCUT2D eigenvalue weighted by molar-refractivity contribution is 7.99. The summed E-state index contributed by atoms with van der Waals surface area (Å²) in [5, 5.41) is 15.0. The zero-order valence-electron chi connectivity index (χ0n) is 15.4. The van der Waals surface area contributed by atoms with E-state index in [4.69, 9.17) is 4.74 Å². The summed E-state index contributed by atoms with van der Waals surface area (Å²) in [4.78, 5) is 43.6. The molecule has 0 radical (unpaired) electrons. The standard InChI is InChI=1S/C18H18N4O5S/c1-4-28-18-20-15-14(16(23)21-18)13(12(9(2)19-15)17(24)27-3)10-7-5-6-8-11(10)22(25)26/h5-8,13H,4H2,1-3H3,(H2,19,20,21,23). The van der Waals surface area contributed by atoms with Gasteiger partial charge in [0.05, 0.1) is 29.1 Å². The number of esters is 1. The van der Waals surface area contributed by atoms with E-state index in [2.05, 4.69) is 15.3 Å². The van der Waals surface area contributed by atoms with Crippen molar-refractivity contribution >= 4 is 29.2 Å². The van der Waals surface area contributed by atoms with Gasteiger partial charge in [-0.1, -0.05) is 36.9 Å². The first-order chi connectivity index (χ1) is 13.4. The number of nitrogens with one attached hydrogen (secondary N) is 2. The number of allylic oxidation sites excluding steroid dienone is 1. The minimum absolute atomic E-state index is 0.132. The summed E-state index contributed by atoms with van der Waals surface area (Å²) in [6.07, 6.45) is 0. The van der Waals surface area contributed by atoms with Gasteiger partial charge in [0.15, 0.2) is 5.16 Å². The van der Waals surface area contributed by atoms with Crippen LogP contribution in [0.3, 0.4) is 0 Å². The number of ether oxygens (including phenoxy) is 1. The van der Waals surface area contributed by atoms with Gasteiger partial charge in [-0.05, 0) is 12.7 Å². The van der Waals surface area contributed by atoms with Crippen molar-refractivity contribution in [3.8, 4) is 0 Å². The number of aromatic amines is 1. The largest absolute Gasteiger partial charge is 0.466 e. The summed E-state index contributed by atoms with van der Waals surface area (Å²) in [6, 6.07) is 6.02. The van der Waals surface area contributed by atoms with Crippen LogP contribution in [0.5, 0.6) is 0 Å². The zero-order chi connectivity index (χ0) is 20.4. The Balaban J connectivity index is 2.33. The molecular weight excluding hydrogens is 384 g/mol. The molecule has 9 nitrogen and oxygen atoms in total. The lowest BCUT2D eigenvalue weighted by molar-refractivity contribution is -0.385. The van der Waals surface area contributed by atoms with E-state index in [1.807, 2.05) is 6.92 Å². The van der Waals surface area contributed by atoms with Gasteiger partial charge in [-0.3, -0.25) is 14.9 Å². The van der Waals surface area contributed by atoms with Gasteiger partial charge in [-0.2, -0.15) is 0 Å². The SMILES string of the molecule is CCSc1nc2c(c(=O)[nH]1)C(c1ccccc1[N+](=O)[O-])C(C(=O)OC)=C(C)N2. The fourth-order valence-corrected chi connectivity index (χ4v) is 3.82. The van der Waals surface area contributed by atoms with E-state index in [1.54, 1.807) is 13.0 Å². The number of H-pyrrole nitrogens is 1. The van der Waals surface area contributed by atoms with Crippen LogP contribution in [-0.4, -0.2) is 33.7 Å². The van der Waals surface area contributed by atoms with E-state index in [9.17, 15) is 19.7 Å². The maximum atomic E-state index is 12.9. The van der Waals surface area contributed by atoms with Crippen molar-refractivity contribution in [2.24, 2.45) is 0 Å². The molecule has 2 N–H and O–H groups in total. The summed E-state index contributed by atoms with van der Waals surface area (Å²) in [6.45, 7) is 3.57. The lowest BCUT2D eigenvalue weighted by Gasteiger charge is -2.28. The van der Waals surface area contributed by atoms with E-state index in [0.29, 0.717) is 16.6 Å². The van der Waals surface area contributed by atoms with Gasteiger partial charge in [0.1, 0.15) is 5.82 Å². The van der Waals surface area contributed by atoms with Crippen LogP contribution >= 0.6 is 11.8 Å². The number of nitrogens with zero attached hydrogens (tertiary/aromatic N) is 2. The number of carbonyl (C=O) groups excluding carboxylic acids is 1. The zero-order valence-corrected chi connectivity index (χ0v) is 16.3. The minimum atomic E-state index is -0.984. The quantitative estimate of drug-likeness (QED) is 0.257. The molecule has 0 aliphatic carbocycles. The van der Waals surface area contributed by atoms with Crippen LogP contribution in [0.4, 0.5) is 11.5 Å². The van der Waals surface area contributed by atoms with Crippen LogP contribution in [0, 0.1) is 10.1 Å². The molecule has 2 aromatic rings. The highest BCUT2D eigenvalue weighted by Crippen LogP contribution is 2.42. The number of aromatic nitrogens is 2. The third-order valence-electron chi connectivity index (χ3n) is 4.35. The minimum Gasteiger partial charge on any atom is -0.466 e. The fraction of sp³-hybridized carbons (Fsp3) is 0.278. The van der Waals surface area contributed by atoms with Gasteiger partial charge in [0, 0.05) is 17.3 Å². The van der Waals surface area contributed by atoms with E-state index < -0.39 is 22.4 Å². The highest BCUT2D eigenvalue weighted by atomic mass is 32.2. The molecule has 1 aromatic carbocycles. The Morgan fingerprint density at radius 2 is 2.11 bits per heavy atom. The number of hydrogen-bond acceptors (Lipinski definition) is 8. The van der Waals surface area contributed by atoms with Crippen molar-refractivity contribution in [2.45, 2.75) is 24.9 Å². The first-order valence-corrected chi connectivity index (χ1v) is 9.44. The molecule has 0 amide bonds. The van der Waals surface area contributed by atoms with Crippen molar-refractivity contribution < 1.29 is 14.5 Å². The number of anilines is 1. The number of rotatable bonds is 5. The van der Waals surface area contributed by atoms with Crippen LogP contribution in [0.2, 0.25) is 0 Å². The number of methoxy groups -OCH3 is 1. The summed E-state index contributed by atoms with van der Waals surface area (Å²) in [5.74, 6) is -0.683. The third kappa shape index (κ3) is 3.38. The molecule has 1 atom stereocenters. The molecule has 146 valence electrons. The van der Waals surface area contributed by atoms with Crippen LogP contribution in [0.15, 0.2) is 45.5 Å². The second kappa shape index (κ2) is 7.85. The van der Waals surface area contributed by atoms with Crippen molar-refractivity contribution in [3.63, 3.8) is 0 Å². The average molecular weight is 402 g/mol. The van der Waals surface area contributed by atoms with Crippen LogP contribution in [0.1, 0.15) is 30.9 Å². The predicted octanol–water partition coefficient (Wildman–Crippen LogP) is 2.79. The van der Waals surface area contributed by atoms with Crippen LogP contribution in [-0.2, 0) is 9.53 Å². The Labute approximate surface area is 164 Å². The third-order valence-corrected chi connectivity index (χ3v) is 5.11. The molecule has 3 rings (SSSR count). The van der Waals surface area contributed by atoms with Gasteiger partial charge < -0.3 is 15.0 Å². The van der Waals surface area contributed by atoms with Crippen molar-refractivity contribution in [1.29, 1.82) is 0 Å². The lowest BCUT2D eigenvalue weighted by atomic mass is 9.81. The molecule has 1 aliphatic rings. The second-order valence-electron chi connectivity index (χ2n) is 5.97. The van der Waals surface area contributed by atoms with E-state index in [0.717, 1.165) is 0 Å². The molecular formula is C18H18N4O5S. The van der Waals surface area contributed by atoms with Gasteiger partial charge in [-0.25, -0.2) is 9.78 Å². The van der Waals surface area contributed by atoms with Gasteiger partial charge >= 0.3 is 5.97 Å². The Morgan fingerprint density at radius 3 is 2.75 bits per heavy atom. The maximum Gasteiger partial charge on any atom is 0.336 e. The lowest BCUT2D eigenvalue weighted by Crippen LogP contribution is -2.31. The fourth-order valence-electron chi connectivity index (χ4n) is 3.23. The number of fused-ring (bicyclic) bond motifs is 1. The normalized spacial score (nSPS) is 15.6. The van der Waals surface area contributed by atoms with Crippen LogP contribution in [0.25, 0.3) is 0 Å². The van der Waals surface area contributed by atoms with Crippen molar-refractivity contribution in [1.82, 2.24) is 9.97 Å². The second-order valence-corrected chi connectivity index (χ2v) is 7.22. The van der Waals surface area contributed by atoms with Crippen LogP contribution < -0.4 is 10.9 Å².